The number of imide groups is 1. The lowest BCUT2D eigenvalue weighted by molar-refractivity contribution is -0.123. The molecule has 2 N–H and O–H groups in total. The number of ether oxygens (including phenoxy) is 2. The molecule has 0 aromatic heterocycles. The molecule has 178 valence electrons. The first-order valence-electron chi connectivity index (χ1n) is 11.0. The lowest BCUT2D eigenvalue weighted by atomic mass is 10.1. The quantitative estimate of drug-likeness (QED) is 0.381. The van der Waals surface area contributed by atoms with E-state index in [1.807, 2.05) is 49.4 Å². The molecule has 0 radical (unpaired) electrons. The molecule has 0 bridgehead atoms. The monoisotopic (exact) mass is 471 g/mol. The van der Waals surface area contributed by atoms with Gasteiger partial charge in [0.25, 0.3) is 11.8 Å². The highest BCUT2D eigenvalue weighted by molar-refractivity contribution is 6.13. The van der Waals surface area contributed by atoms with Crippen LogP contribution >= 0.6 is 0 Å². The lowest BCUT2D eigenvalue weighted by Gasteiger charge is -2.12. The van der Waals surface area contributed by atoms with Crippen LogP contribution in [0.5, 0.6) is 11.5 Å². The summed E-state index contributed by atoms with van der Waals surface area (Å²) in [6.45, 7) is 1.96. The molecule has 0 saturated carbocycles. The summed E-state index contributed by atoms with van der Waals surface area (Å²) in [5, 5.41) is 5.37. The zero-order valence-corrected chi connectivity index (χ0v) is 19.4. The fourth-order valence-electron chi connectivity index (χ4n) is 3.51. The minimum absolute atomic E-state index is 0.167. The van der Waals surface area contributed by atoms with Crippen molar-refractivity contribution >= 4 is 29.6 Å². The number of methoxy groups -OCH3 is 1. The first-order chi connectivity index (χ1) is 16.9. The second kappa shape index (κ2) is 10.6. The Morgan fingerprint density at radius 3 is 2.46 bits per heavy atom. The number of urea groups is 1. The fourth-order valence-corrected chi connectivity index (χ4v) is 3.51. The van der Waals surface area contributed by atoms with Crippen LogP contribution < -0.4 is 20.1 Å². The summed E-state index contributed by atoms with van der Waals surface area (Å²) in [5.74, 6) is 0.0469. The van der Waals surface area contributed by atoms with Crippen LogP contribution in [0.15, 0.2) is 78.5 Å². The van der Waals surface area contributed by atoms with E-state index in [2.05, 4.69) is 10.6 Å². The van der Waals surface area contributed by atoms with Gasteiger partial charge in [-0.15, -0.1) is 0 Å². The third-order valence-corrected chi connectivity index (χ3v) is 5.34. The average molecular weight is 472 g/mol. The van der Waals surface area contributed by atoms with Gasteiger partial charge in [-0.25, -0.2) is 4.79 Å². The van der Waals surface area contributed by atoms with Crippen LogP contribution in [0.25, 0.3) is 6.08 Å². The number of hydrogen-bond acceptors (Lipinski definition) is 5. The molecule has 35 heavy (non-hydrogen) atoms. The van der Waals surface area contributed by atoms with Crippen molar-refractivity contribution in [1.82, 2.24) is 10.2 Å². The van der Waals surface area contributed by atoms with Crippen LogP contribution in [0.4, 0.5) is 10.5 Å². The normalized spacial score (nSPS) is 14.1. The number of carbonyl (C=O) groups is 3. The van der Waals surface area contributed by atoms with E-state index in [1.165, 1.54) is 7.11 Å². The minimum atomic E-state index is -0.474. The molecule has 0 unspecified atom stereocenters. The van der Waals surface area contributed by atoms with Crippen LogP contribution in [0.3, 0.4) is 0 Å². The van der Waals surface area contributed by atoms with Gasteiger partial charge in [-0.3, -0.25) is 14.5 Å². The molecule has 0 aliphatic carbocycles. The molecule has 8 nitrogen and oxygen atoms in total. The number of nitrogens with zero attached hydrogens (tertiary/aromatic N) is 1. The van der Waals surface area contributed by atoms with E-state index in [0.29, 0.717) is 22.7 Å². The first-order valence-corrected chi connectivity index (χ1v) is 11.0. The van der Waals surface area contributed by atoms with Crippen LogP contribution in [0.2, 0.25) is 0 Å². The van der Waals surface area contributed by atoms with E-state index in [9.17, 15) is 14.4 Å². The number of aryl methyl sites for hydroxylation is 1. The summed E-state index contributed by atoms with van der Waals surface area (Å²) in [6, 6.07) is 21.3. The maximum atomic E-state index is 12.8. The summed E-state index contributed by atoms with van der Waals surface area (Å²) in [6.07, 6.45) is 1.57. The topological polar surface area (TPSA) is 97.0 Å². The number of para-hydroxylation sites is 1. The Labute approximate surface area is 203 Å². The number of anilines is 1. The van der Waals surface area contributed by atoms with E-state index in [-0.39, 0.29) is 24.8 Å². The number of hydrogen-bond donors (Lipinski definition) is 2. The van der Waals surface area contributed by atoms with Gasteiger partial charge in [0.2, 0.25) is 0 Å². The minimum Gasteiger partial charge on any atom is -0.493 e. The molecule has 4 rings (SSSR count). The van der Waals surface area contributed by atoms with Crippen LogP contribution in [-0.2, 0) is 16.1 Å². The van der Waals surface area contributed by atoms with Gasteiger partial charge >= 0.3 is 6.03 Å². The largest absolute Gasteiger partial charge is 0.493 e. The molecule has 3 aromatic carbocycles. The standard InChI is InChI=1S/C27H25N3O5/c1-18-8-10-19(11-9-18)16-30-26(32)22(29-27(30)33)14-20-12-13-23(24(15-20)34-2)35-17-25(31)28-21-6-4-3-5-7-21/h3-15H,16-17H2,1-2H3,(H,28,31)(H,29,33)/b22-14+. The second-order valence-electron chi connectivity index (χ2n) is 7.98. The molecule has 0 spiro atoms. The maximum absolute atomic E-state index is 12.8. The smallest absolute Gasteiger partial charge is 0.329 e. The van der Waals surface area contributed by atoms with Gasteiger partial charge in [0.1, 0.15) is 5.70 Å². The highest BCUT2D eigenvalue weighted by Crippen LogP contribution is 2.29. The molecule has 1 saturated heterocycles. The Balaban J connectivity index is 1.42. The molecule has 4 amide bonds. The molecule has 8 heteroatoms. The number of carbonyl (C=O) groups excluding carboxylic acids is 3. The first kappa shape index (κ1) is 23.6. The number of benzene rings is 3. The van der Waals surface area contributed by atoms with Crippen LogP contribution in [0, 0.1) is 6.92 Å². The molecule has 3 aromatic rings. The average Bonchev–Trinajstić information content (AvgIpc) is 3.12. The highest BCUT2D eigenvalue weighted by atomic mass is 16.5. The predicted molar refractivity (Wildman–Crippen MR) is 132 cm³/mol. The third kappa shape index (κ3) is 5.86. The van der Waals surface area contributed by atoms with Crippen molar-refractivity contribution in [3.8, 4) is 11.5 Å². The van der Waals surface area contributed by atoms with Gasteiger partial charge in [-0.05, 0) is 48.4 Å². The highest BCUT2D eigenvalue weighted by Gasteiger charge is 2.33. The van der Waals surface area contributed by atoms with Crippen LogP contribution in [-0.4, -0.2) is 36.5 Å². The SMILES string of the molecule is COc1cc(/C=C2/NC(=O)N(Cc3ccc(C)cc3)C2=O)ccc1OCC(=O)Nc1ccccc1. The summed E-state index contributed by atoms with van der Waals surface area (Å²) in [5.41, 5.74) is 3.43. The van der Waals surface area contributed by atoms with Crippen molar-refractivity contribution in [3.63, 3.8) is 0 Å². The summed E-state index contributed by atoms with van der Waals surface area (Å²) >= 11 is 0. The number of nitrogens with one attached hydrogen (secondary N) is 2. The zero-order valence-electron chi connectivity index (χ0n) is 19.4. The van der Waals surface area contributed by atoms with Crippen molar-refractivity contribution in [2.24, 2.45) is 0 Å². The summed E-state index contributed by atoms with van der Waals surface area (Å²) < 4.78 is 11.0. The Bertz CT molecular complexity index is 1270. The maximum Gasteiger partial charge on any atom is 0.329 e. The zero-order chi connectivity index (χ0) is 24.8. The second-order valence-corrected chi connectivity index (χ2v) is 7.98. The van der Waals surface area contributed by atoms with Gasteiger partial charge in [-0.1, -0.05) is 54.1 Å². The van der Waals surface area contributed by atoms with E-state index >= 15 is 0 Å². The molecule has 0 atom stereocenters. The molecule has 1 aliphatic rings. The summed E-state index contributed by atoms with van der Waals surface area (Å²) in [4.78, 5) is 38.5. The van der Waals surface area contributed by atoms with Gasteiger partial charge in [0.05, 0.1) is 13.7 Å². The Kier molecular flexibility index (Phi) is 7.11. The van der Waals surface area contributed by atoms with Crippen molar-refractivity contribution in [2.45, 2.75) is 13.5 Å². The van der Waals surface area contributed by atoms with Crippen molar-refractivity contribution < 1.29 is 23.9 Å². The molecule has 1 aliphatic heterocycles. The molecular formula is C27H25N3O5. The van der Waals surface area contributed by atoms with Gasteiger partial charge in [0.15, 0.2) is 18.1 Å². The van der Waals surface area contributed by atoms with Gasteiger partial charge in [-0.2, -0.15) is 0 Å². The van der Waals surface area contributed by atoms with E-state index in [4.69, 9.17) is 9.47 Å². The van der Waals surface area contributed by atoms with E-state index < -0.39 is 11.9 Å². The van der Waals surface area contributed by atoms with Crippen molar-refractivity contribution in [1.29, 1.82) is 0 Å². The number of rotatable bonds is 8. The summed E-state index contributed by atoms with van der Waals surface area (Å²) in [7, 11) is 1.48. The lowest BCUT2D eigenvalue weighted by Crippen LogP contribution is -2.30. The fraction of sp³-hybridized carbons (Fsp3) is 0.148. The van der Waals surface area contributed by atoms with Gasteiger partial charge < -0.3 is 20.1 Å². The third-order valence-electron chi connectivity index (χ3n) is 5.34. The van der Waals surface area contributed by atoms with Crippen molar-refractivity contribution in [3.05, 3.63) is 95.2 Å². The Morgan fingerprint density at radius 1 is 1.00 bits per heavy atom. The Morgan fingerprint density at radius 2 is 1.74 bits per heavy atom. The van der Waals surface area contributed by atoms with Crippen molar-refractivity contribution in [2.75, 3.05) is 19.0 Å². The molecular weight excluding hydrogens is 446 g/mol. The van der Waals surface area contributed by atoms with Gasteiger partial charge in [0, 0.05) is 5.69 Å². The Hall–Kier alpha value is -4.59. The van der Waals surface area contributed by atoms with E-state index in [0.717, 1.165) is 16.0 Å². The molecule has 1 heterocycles. The van der Waals surface area contributed by atoms with Crippen LogP contribution in [0.1, 0.15) is 16.7 Å². The van der Waals surface area contributed by atoms with E-state index in [1.54, 1.807) is 36.4 Å². The number of amides is 4. The predicted octanol–water partition coefficient (Wildman–Crippen LogP) is 4.11. The molecule has 1 fully saturated rings.